The Morgan fingerprint density at radius 1 is 1.19 bits per heavy atom. The summed E-state index contributed by atoms with van der Waals surface area (Å²) in [4.78, 5) is 0. The van der Waals surface area contributed by atoms with Crippen LogP contribution in [0.5, 0.6) is 0 Å². The van der Waals surface area contributed by atoms with Gasteiger partial charge in [0.2, 0.25) is 0 Å². The second-order valence-electron chi connectivity index (χ2n) is 4.93. The zero-order valence-electron chi connectivity index (χ0n) is 11.5. The van der Waals surface area contributed by atoms with Crippen molar-refractivity contribution in [3.05, 3.63) is 54.2 Å². The fourth-order valence-electron chi connectivity index (χ4n) is 2.60. The first-order chi connectivity index (χ1) is 10.2. The highest BCUT2D eigenvalue weighted by molar-refractivity contribution is 5.97. The molecular weight excluding hydrogens is 262 g/mol. The molecule has 1 heterocycles. The number of rotatable bonds is 3. The summed E-state index contributed by atoms with van der Waals surface area (Å²) in [6.07, 6.45) is 2.00. The predicted octanol–water partition coefficient (Wildman–Crippen LogP) is 2.75. The number of aromatic nitrogens is 1. The Hall–Kier alpha value is -2.77. The number of aliphatic hydroxyl groups excluding tert-OH is 1. The number of fused-ring (bicyclic) bond motifs is 1. The van der Waals surface area contributed by atoms with E-state index in [4.69, 9.17) is 11.0 Å². The molecule has 0 saturated heterocycles. The summed E-state index contributed by atoms with van der Waals surface area (Å²) in [5.74, 6) is 0. The average Bonchev–Trinajstić information content (AvgIpc) is 2.86. The molecule has 1 aromatic heterocycles. The van der Waals surface area contributed by atoms with Crippen LogP contribution in [0, 0.1) is 11.3 Å². The van der Waals surface area contributed by atoms with Gasteiger partial charge in [0.05, 0.1) is 18.2 Å². The number of nitriles is 1. The molecule has 0 aliphatic carbocycles. The van der Waals surface area contributed by atoms with Crippen LogP contribution in [0.1, 0.15) is 5.56 Å². The van der Waals surface area contributed by atoms with Crippen molar-refractivity contribution in [3.8, 4) is 17.2 Å². The smallest absolute Gasteiger partial charge is 0.0991 e. The van der Waals surface area contributed by atoms with Crippen molar-refractivity contribution in [1.82, 2.24) is 4.57 Å². The minimum atomic E-state index is 0.0696. The predicted molar refractivity (Wildman–Crippen MR) is 83.6 cm³/mol. The molecule has 4 nitrogen and oxygen atoms in total. The first-order valence-electron chi connectivity index (χ1n) is 6.72. The number of nitrogens with zero attached hydrogens (tertiary/aromatic N) is 2. The third-order valence-corrected chi connectivity index (χ3v) is 3.55. The van der Waals surface area contributed by atoms with E-state index in [1.54, 1.807) is 6.07 Å². The van der Waals surface area contributed by atoms with E-state index in [-0.39, 0.29) is 6.61 Å². The van der Waals surface area contributed by atoms with Crippen LogP contribution in [0.4, 0.5) is 5.69 Å². The first kappa shape index (κ1) is 13.2. The molecule has 4 heteroatoms. The van der Waals surface area contributed by atoms with E-state index in [1.165, 1.54) is 0 Å². The number of nitrogens with two attached hydrogens (primary N) is 1. The largest absolute Gasteiger partial charge is 0.399 e. The molecule has 0 amide bonds. The topological polar surface area (TPSA) is 75.0 Å². The second kappa shape index (κ2) is 5.31. The monoisotopic (exact) mass is 277 g/mol. The van der Waals surface area contributed by atoms with Crippen molar-refractivity contribution in [3.63, 3.8) is 0 Å². The molecular formula is C17H15N3O. The maximum Gasteiger partial charge on any atom is 0.0991 e. The van der Waals surface area contributed by atoms with Crippen LogP contribution in [0.25, 0.3) is 22.0 Å². The average molecular weight is 277 g/mol. The Morgan fingerprint density at radius 3 is 2.76 bits per heavy atom. The highest BCUT2D eigenvalue weighted by Gasteiger charge is 2.11. The van der Waals surface area contributed by atoms with Gasteiger partial charge in [0.25, 0.3) is 0 Å². The van der Waals surface area contributed by atoms with Gasteiger partial charge in [-0.05, 0) is 35.9 Å². The molecule has 0 bridgehead atoms. The maximum absolute atomic E-state index is 9.21. The van der Waals surface area contributed by atoms with Gasteiger partial charge < -0.3 is 15.4 Å². The highest BCUT2D eigenvalue weighted by Crippen LogP contribution is 2.32. The van der Waals surface area contributed by atoms with Gasteiger partial charge in [-0.15, -0.1) is 0 Å². The molecule has 0 atom stereocenters. The van der Waals surface area contributed by atoms with Gasteiger partial charge >= 0.3 is 0 Å². The molecule has 104 valence electrons. The van der Waals surface area contributed by atoms with Crippen LogP contribution in [0.2, 0.25) is 0 Å². The van der Waals surface area contributed by atoms with Gasteiger partial charge in [-0.3, -0.25) is 0 Å². The summed E-state index contributed by atoms with van der Waals surface area (Å²) in [5.41, 5.74) is 10.2. The molecule has 0 radical (unpaired) electrons. The molecule has 0 spiro atoms. The van der Waals surface area contributed by atoms with Crippen LogP contribution in [0.15, 0.2) is 48.7 Å². The van der Waals surface area contributed by atoms with E-state index in [1.807, 2.05) is 47.2 Å². The molecule has 0 fully saturated rings. The Morgan fingerprint density at radius 2 is 2.05 bits per heavy atom. The molecule has 0 aliphatic heterocycles. The van der Waals surface area contributed by atoms with Gasteiger partial charge in [0.15, 0.2) is 0 Å². The van der Waals surface area contributed by atoms with Crippen LogP contribution < -0.4 is 5.73 Å². The minimum Gasteiger partial charge on any atom is -0.399 e. The minimum absolute atomic E-state index is 0.0696. The van der Waals surface area contributed by atoms with Crippen molar-refractivity contribution >= 4 is 16.6 Å². The molecule has 0 unspecified atom stereocenters. The summed E-state index contributed by atoms with van der Waals surface area (Å²) >= 11 is 0. The Labute approximate surface area is 122 Å². The molecule has 2 aromatic carbocycles. The van der Waals surface area contributed by atoms with Gasteiger partial charge in [-0.2, -0.15) is 5.26 Å². The number of hydrogen-bond acceptors (Lipinski definition) is 3. The first-order valence-corrected chi connectivity index (χ1v) is 6.72. The lowest BCUT2D eigenvalue weighted by atomic mass is 10.0. The third-order valence-electron chi connectivity index (χ3n) is 3.55. The standard InChI is InChI=1S/C17H15N3O/c18-10-12-4-5-17-15(8-12)16(11-20(17)6-7-21)13-2-1-3-14(19)9-13/h1-5,8-9,11,21H,6-7,19H2. The summed E-state index contributed by atoms with van der Waals surface area (Å²) in [6, 6.07) is 15.4. The summed E-state index contributed by atoms with van der Waals surface area (Å²) in [6.45, 7) is 0.588. The van der Waals surface area contributed by atoms with Gasteiger partial charge in [-0.25, -0.2) is 0 Å². The Bertz CT molecular complexity index is 843. The lowest BCUT2D eigenvalue weighted by molar-refractivity contribution is 0.278. The van der Waals surface area contributed by atoms with Gasteiger partial charge in [-0.1, -0.05) is 12.1 Å². The Kier molecular flexibility index (Phi) is 3.35. The quantitative estimate of drug-likeness (QED) is 0.723. The second-order valence-corrected chi connectivity index (χ2v) is 4.93. The van der Waals surface area contributed by atoms with E-state index in [2.05, 4.69) is 6.07 Å². The molecule has 3 rings (SSSR count). The summed E-state index contributed by atoms with van der Waals surface area (Å²) in [7, 11) is 0. The van der Waals surface area contributed by atoms with Crippen molar-refractivity contribution in [2.45, 2.75) is 6.54 Å². The zero-order valence-corrected chi connectivity index (χ0v) is 11.5. The molecule has 3 aromatic rings. The van der Waals surface area contributed by atoms with Crippen LogP contribution in [0.3, 0.4) is 0 Å². The van der Waals surface area contributed by atoms with Crippen molar-refractivity contribution in [2.75, 3.05) is 12.3 Å². The van der Waals surface area contributed by atoms with Gasteiger partial charge in [0, 0.05) is 34.9 Å². The SMILES string of the molecule is N#Cc1ccc2c(c1)c(-c1cccc(N)c1)cn2CCO. The van der Waals surface area contributed by atoms with Crippen LogP contribution in [-0.2, 0) is 6.54 Å². The summed E-state index contributed by atoms with van der Waals surface area (Å²) < 4.78 is 2.00. The fourth-order valence-corrected chi connectivity index (χ4v) is 2.60. The Balaban J connectivity index is 2.28. The third kappa shape index (κ3) is 2.35. The van der Waals surface area contributed by atoms with E-state index >= 15 is 0 Å². The summed E-state index contributed by atoms with van der Waals surface area (Å²) in [5, 5.41) is 19.3. The maximum atomic E-state index is 9.21. The van der Waals surface area contributed by atoms with Crippen molar-refractivity contribution in [2.24, 2.45) is 0 Å². The zero-order chi connectivity index (χ0) is 14.8. The number of anilines is 1. The van der Waals surface area contributed by atoms with Crippen LogP contribution >= 0.6 is 0 Å². The number of nitrogen functional groups attached to an aromatic ring is 1. The number of benzene rings is 2. The van der Waals surface area contributed by atoms with E-state index in [0.717, 1.165) is 22.0 Å². The van der Waals surface area contributed by atoms with E-state index < -0.39 is 0 Å². The number of hydrogen-bond donors (Lipinski definition) is 2. The van der Waals surface area contributed by atoms with Crippen LogP contribution in [-0.4, -0.2) is 16.3 Å². The highest BCUT2D eigenvalue weighted by atomic mass is 16.3. The molecule has 0 aliphatic rings. The van der Waals surface area contributed by atoms with Gasteiger partial charge in [0.1, 0.15) is 0 Å². The molecule has 21 heavy (non-hydrogen) atoms. The molecule has 0 saturated carbocycles. The normalized spacial score (nSPS) is 10.7. The van der Waals surface area contributed by atoms with Crippen molar-refractivity contribution in [1.29, 1.82) is 5.26 Å². The number of aliphatic hydroxyl groups is 1. The van der Waals surface area contributed by atoms with Crippen molar-refractivity contribution < 1.29 is 5.11 Å². The van der Waals surface area contributed by atoms with E-state index in [9.17, 15) is 5.11 Å². The lowest BCUT2D eigenvalue weighted by Gasteiger charge is -2.01. The molecule has 3 N–H and O–H groups in total. The lowest BCUT2D eigenvalue weighted by Crippen LogP contribution is -1.99. The van der Waals surface area contributed by atoms with E-state index in [0.29, 0.717) is 17.8 Å². The fraction of sp³-hybridized carbons (Fsp3) is 0.118.